The van der Waals surface area contributed by atoms with Crippen molar-refractivity contribution in [1.29, 1.82) is 0 Å². The Labute approximate surface area is 53.7 Å². The maximum Gasteiger partial charge on any atom is 0.0762 e. The topological polar surface area (TPSA) is 9.23 Å². The Kier molecular flexibility index (Phi) is 1.53. The molecule has 2 unspecified atom stereocenters. The summed E-state index contributed by atoms with van der Waals surface area (Å²) in [5, 5.41) is 0. The predicted molar refractivity (Wildman–Crippen MR) is 38.3 cm³/mol. The second-order valence-electron chi connectivity index (χ2n) is 2.25. The van der Waals surface area contributed by atoms with E-state index in [9.17, 15) is 0 Å². The van der Waals surface area contributed by atoms with Crippen LogP contribution in [-0.4, -0.2) is 23.7 Å². The molecule has 1 aliphatic carbocycles. The molecule has 0 amide bonds. The van der Waals surface area contributed by atoms with E-state index in [4.69, 9.17) is 4.74 Å². The Morgan fingerprint density at radius 2 is 2.25 bits per heavy atom. The largest absolute Gasteiger partial charge is 0.374 e. The molecule has 2 atom stereocenters. The van der Waals surface area contributed by atoms with Gasteiger partial charge in [-0.25, -0.2) is 0 Å². The van der Waals surface area contributed by atoms with Crippen LogP contribution >= 0.6 is 0 Å². The second-order valence-corrected chi connectivity index (χ2v) is 2.25. The first kappa shape index (κ1) is 6.04. The zero-order chi connectivity index (χ0) is 4.69. The third-order valence-corrected chi connectivity index (χ3v) is 1.66. The summed E-state index contributed by atoms with van der Waals surface area (Å²) < 4.78 is 5.27. The molecule has 0 spiro atoms. The highest BCUT2D eigenvalue weighted by atomic mass is 28.1. The van der Waals surface area contributed by atoms with E-state index in [1.807, 2.05) is 0 Å². The van der Waals surface area contributed by atoms with Crippen molar-refractivity contribution < 1.29 is 4.74 Å². The molecular weight excluding hydrogens is 116 g/mol. The van der Waals surface area contributed by atoms with Crippen molar-refractivity contribution in [2.24, 2.45) is 5.92 Å². The average molecular weight is 128 g/mol. The molecule has 0 saturated carbocycles. The molecular formula is C6H12OSi. The summed E-state index contributed by atoms with van der Waals surface area (Å²) in [4.78, 5) is 0. The van der Waals surface area contributed by atoms with Crippen molar-refractivity contribution in [3.05, 3.63) is 12.2 Å². The summed E-state index contributed by atoms with van der Waals surface area (Å²) in [5.74, 6) is 0.769. The Bertz CT molecular complexity index is 99.1. The molecule has 1 saturated heterocycles. The summed E-state index contributed by atoms with van der Waals surface area (Å²) in [7, 11) is 0. The van der Waals surface area contributed by atoms with Crippen molar-refractivity contribution in [2.45, 2.75) is 12.5 Å². The van der Waals surface area contributed by atoms with Crippen molar-refractivity contribution in [3.63, 3.8) is 0 Å². The van der Waals surface area contributed by atoms with Crippen molar-refractivity contribution >= 4 is 11.0 Å². The van der Waals surface area contributed by atoms with Gasteiger partial charge < -0.3 is 4.74 Å². The quantitative estimate of drug-likeness (QED) is 0.316. The first-order chi connectivity index (χ1) is 3.45. The summed E-state index contributed by atoms with van der Waals surface area (Å²) >= 11 is 0. The van der Waals surface area contributed by atoms with Crippen LogP contribution in [-0.2, 0) is 4.74 Å². The minimum atomic E-state index is 0. The van der Waals surface area contributed by atoms with Crippen LogP contribution in [0.25, 0.3) is 0 Å². The molecule has 1 aliphatic heterocycles. The molecule has 1 nitrogen and oxygen atoms in total. The summed E-state index contributed by atoms with van der Waals surface area (Å²) in [6, 6.07) is 0. The minimum absolute atomic E-state index is 0. The first-order valence-corrected chi connectivity index (χ1v) is 2.75. The molecule has 0 radical (unpaired) electrons. The molecule has 1 heterocycles. The van der Waals surface area contributed by atoms with Gasteiger partial charge in [-0.05, 0) is 17.4 Å². The molecule has 0 aromatic carbocycles. The fourth-order valence-corrected chi connectivity index (χ4v) is 1.23. The van der Waals surface area contributed by atoms with Crippen molar-refractivity contribution in [3.8, 4) is 0 Å². The molecule has 2 aliphatic rings. The van der Waals surface area contributed by atoms with E-state index in [0.717, 1.165) is 12.5 Å². The predicted octanol–water partition coefficient (Wildman–Crippen LogP) is -0.490. The van der Waals surface area contributed by atoms with E-state index in [2.05, 4.69) is 12.2 Å². The van der Waals surface area contributed by atoms with Crippen LogP contribution in [0.3, 0.4) is 0 Å². The van der Waals surface area contributed by atoms with Crippen LogP contribution in [0.15, 0.2) is 12.2 Å². The minimum Gasteiger partial charge on any atom is -0.374 e. The number of hydrogen-bond acceptors (Lipinski definition) is 1. The number of fused-ring (bicyclic) bond motifs is 2. The van der Waals surface area contributed by atoms with Crippen LogP contribution < -0.4 is 0 Å². The highest BCUT2D eigenvalue weighted by Gasteiger charge is 2.26. The van der Waals surface area contributed by atoms with Gasteiger partial charge in [-0.2, -0.15) is 0 Å². The van der Waals surface area contributed by atoms with Gasteiger partial charge >= 0.3 is 0 Å². The standard InChI is InChI=1S/C6H8O.H4Si/c1-2-6-3-5(1)4-7-6;/h1-2,5-6H,3-4H2;1H4. The zero-order valence-electron chi connectivity index (χ0n) is 4.13. The van der Waals surface area contributed by atoms with Crippen molar-refractivity contribution in [1.82, 2.24) is 0 Å². The molecule has 0 N–H and O–H groups in total. The van der Waals surface area contributed by atoms with Crippen LogP contribution in [0, 0.1) is 5.92 Å². The summed E-state index contributed by atoms with van der Waals surface area (Å²) in [6.45, 7) is 0.973. The molecule has 2 heteroatoms. The van der Waals surface area contributed by atoms with E-state index < -0.39 is 0 Å². The highest BCUT2D eigenvalue weighted by molar-refractivity contribution is 5.75. The van der Waals surface area contributed by atoms with Crippen LogP contribution in [0.5, 0.6) is 0 Å². The fourth-order valence-electron chi connectivity index (χ4n) is 1.23. The SMILES string of the molecule is C1=CC2CC1CO2.[SiH4]. The van der Waals surface area contributed by atoms with Gasteiger partial charge in [0.1, 0.15) is 0 Å². The maximum absolute atomic E-state index is 5.27. The van der Waals surface area contributed by atoms with E-state index in [1.165, 1.54) is 6.42 Å². The number of ether oxygens (including phenoxy) is 1. The maximum atomic E-state index is 5.27. The lowest BCUT2D eigenvalue weighted by molar-refractivity contribution is 0.135. The van der Waals surface area contributed by atoms with Gasteiger partial charge in [0.05, 0.1) is 12.7 Å². The Balaban J connectivity index is 0.000000320. The van der Waals surface area contributed by atoms with Gasteiger partial charge in [-0.15, -0.1) is 0 Å². The van der Waals surface area contributed by atoms with Gasteiger partial charge in [0.25, 0.3) is 0 Å². The molecule has 46 valence electrons. The highest BCUT2D eigenvalue weighted by Crippen LogP contribution is 2.27. The van der Waals surface area contributed by atoms with Gasteiger partial charge in [-0.1, -0.05) is 12.2 Å². The summed E-state index contributed by atoms with van der Waals surface area (Å²) in [6.07, 6.45) is 6.16. The third kappa shape index (κ3) is 0.739. The van der Waals surface area contributed by atoms with Gasteiger partial charge in [0.2, 0.25) is 0 Å². The Hall–Kier alpha value is -0.0831. The van der Waals surface area contributed by atoms with E-state index >= 15 is 0 Å². The van der Waals surface area contributed by atoms with Gasteiger partial charge in [0, 0.05) is 5.92 Å². The second kappa shape index (κ2) is 2.03. The van der Waals surface area contributed by atoms with Gasteiger partial charge in [-0.3, -0.25) is 0 Å². The monoisotopic (exact) mass is 128 g/mol. The fraction of sp³-hybridized carbons (Fsp3) is 0.667. The lowest BCUT2D eigenvalue weighted by Crippen LogP contribution is -1.99. The third-order valence-electron chi connectivity index (χ3n) is 1.66. The molecule has 2 bridgehead atoms. The van der Waals surface area contributed by atoms with Crippen molar-refractivity contribution in [2.75, 3.05) is 6.61 Å². The molecule has 8 heavy (non-hydrogen) atoms. The Morgan fingerprint density at radius 1 is 1.38 bits per heavy atom. The van der Waals surface area contributed by atoms with E-state index in [-0.39, 0.29) is 11.0 Å². The zero-order valence-corrected chi connectivity index (χ0v) is 4.13. The normalized spacial score (nSPS) is 40.0. The lowest BCUT2D eigenvalue weighted by Gasteiger charge is -2.00. The van der Waals surface area contributed by atoms with Crippen LogP contribution in [0.1, 0.15) is 6.42 Å². The van der Waals surface area contributed by atoms with Crippen LogP contribution in [0.2, 0.25) is 0 Å². The molecule has 1 fully saturated rings. The average Bonchev–Trinajstić information content (AvgIpc) is 2.22. The Morgan fingerprint density at radius 3 is 2.38 bits per heavy atom. The molecule has 0 aromatic rings. The van der Waals surface area contributed by atoms with Gasteiger partial charge in [0.15, 0.2) is 0 Å². The molecule has 0 aromatic heterocycles. The van der Waals surface area contributed by atoms with E-state index in [0.29, 0.717) is 6.10 Å². The number of rotatable bonds is 0. The lowest BCUT2D eigenvalue weighted by atomic mass is 10.2. The van der Waals surface area contributed by atoms with E-state index in [1.54, 1.807) is 0 Å². The summed E-state index contributed by atoms with van der Waals surface area (Å²) in [5.41, 5.74) is 0. The molecule has 2 rings (SSSR count). The van der Waals surface area contributed by atoms with Crippen LogP contribution in [0.4, 0.5) is 0 Å². The smallest absolute Gasteiger partial charge is 0.0762 e. The first-order valence-electron chi connectivity index (χ1n) is 2.75. The number of hydrogen-bond donors (Lipinski definition) is 0.